The molecule has 0 aliphatic heterocycles. The van der Waals surface area contributed by atoms with E-state index in [2.05, 4.69) is 11.0 Å². The van der Waals surface area contributed by atoms with Crippen molar-refractivity contribution in [1.82, 2.24) is 0 Å². The van der Waals surface area contributed by atoms with Crippen LogP contribution in [0, 0.1) is 0 Å². The molecule has 0 atom stereocenters. The maximum Gasteiger partial charge on any atom is 0.138 e. The van der Waals surface area contributed by atoms with E-state index >= 15 is 0 Å². The average molecular weight is 95.0 g/mol. The van der Waals surface area contributed by atoms with E-state index in [9.17, 15) is 9.46 Å². The Morgan fingerprint density at radius 1 is 1.60 bits per heavy atom. The minimum Gasteiger partial charge on any atom is -0.776 e. The Hall–Kier alpha value is 0.110. The van der Waals surface area contributed by atoms with Crippen molar-refractivity contribution in [3.05, 3.63) is 0 Å². The molecule has 0 rings (SSSR count). The van der Waals surface area contributed by atoms with Gasteiger partial charge in [0.25, 0.3) is 0 Å². The lowest BCUT2D eigenvalue weighted by atomic mass is 13.9. The maximum atomic E-state index is 9.22. The summed E-state index contributed by atoms with van der Waals surface area (Å²) in [6.07, 6.45) is 0. The molecular weight excluding hydrogens is 91.0 g/mol. The third-order valence-corrected chi connectivity index (χ3v) is 0. The van der Waals surface area contributed by atoms with Gasteiger partial charge in [-0.3, -0.25) is 11.0 Å². The van der Waals surface area contributed by atoms with Gasteiger partial charge in [0, 0.05) is 0 Å². The zero-order valence-corrected chi connectivity index (χ0v) is 3.31. The highest BCUT2D eigenvalue weighted by atomic mass is 31.2. The smallest absolute Gasteiger partial charge is 0.138 e. The molecule has 0 heterocycles. The molecule has 0 bridgehead atoms. The van der Waals surface area contributed by atoms with Gasteiger partial charge in [0.2, 0.25) is 0 Å². The fourth-order valence-electron chi connectivity index (χ4n) is 0. The molecule has 0 aliphatic rings. The van der Waals surface area contributed by atoms with Gasteiger partial charge in [0.15, 0.2) is 0 Å². The normalized spacial score (nSPS) is 11.8. The molecule has 5 heteroatoms. The second-order valence-corrected chi connectivity index (χ2v) is 1.94. The Balaban J connectivity index is 3.47. The van der Waals surface area contributed by atoms with Gasteiger partial charge in [-0.05, 0) is 0 Å². The van der Waals surface area contributed by atoms with Crippen molar-refractivity contribution in [2.45, 2.75) is 0 Å². The Kier molecular flexibility index (Phi) is 1.09. The molecule has 5 heavy (non-hydrogen) atoms. The summed E-state index contributed by atoms with van der Waals surface area (Å²) in [5.74, 6) is 0. The van der Waals surface area contributed by atoms with Crippen molar-refractivity contribution in [3.63, 3.8) is 0 Å². The molecule has 32 valence electrons. The zero-order chi connectivity index (χ0) is 4.50. The monoisotopic (exact) mass is 95.0 g/mol. The molecule has 0 aromatic rings. The van der Waals surface area contributed by atoms with Gasteiger partial charge < -0.3 is 9.46 Å². The van der Waals surface area contributed by atoms with E-state index in [0.717, 1.165) is 0 Å². The van der Waals surface area contributed by atoms with Gasteiger partial charge in [0.05, 0.1) is 0 Å². The largest absolute Gasteiger partial charge is 0.776 e. The molecule has 0 radical (unpaired) electrons. The summed E-state index contributed by atoms with van der Waals surface area (Å²) in [7, 11) is -3.89. The molecule has 0 fully saturated rings. The van der Waals surface area contributed by atoms with Crippen LogP contribution in [0.4, 0.5) is 0 Å². The number of rotatable bonds is 0. The van der Waals surface area contributed by atoms with Gasteiger partial charge >= 0.3 is 0 Å². The molecule has 0 saturated heterocycles. The van der Waals surface area contributed by atoms with Gasteiger partial charge in [0.1, 0.15) is 7.67 Å². The second-order valence-electron chi connectivity index (χ2n) is 0.645. The summed E-state index contributed by atoms with van der Waals surface area (Å²) < 4.78 is 9.22. The van der Waals surface area contributed by atoms with Gasteiger partial charge in [-0.15, -0.1) is 0 Å². The highest BCUT2D eigenvalue weighted by molar-refractivity contribution is 7.51. The highest BCUT2D eigenvalue weighted by Gasteiger charge is 1.76. The van der Waals surface area contributed by atoms with E-state index in [0.29, 0.717) is 0 Å². The maximum absolute atomic E-state index is 9.22. The minimum absolute atomic E-state index is 3.89. The topological polar surface area (TPSA) is 92.2 Å². The van der Waals surface area contributed by atoms with Crippen molar-refractivity contribution in [1.29, 1.82) is 0 Å². The summed E-state index contributed by atoms with van der Waals surface area (Å²) in [6.45, 7) is 0. The minimum atomic E-state index is -3.89. The van der Waals surface area contributed by atoms with E-state index in [4.69, 9.17) is 0 Å². The molecule has 0 aromatic heterocycles. The lowest BCUT2D eigenvalue weighted by Gasteiger charge is -2.05. The molecule has 4 nitrogen and oxygen atoms in total. The van der Waals surface area contributed by atoms with E-state index < -0.39 is 7.67 Å². The first kappa shape index (κ1) is 5.11. The van der Waals surface area contributed by atoms with Crippen LogP contribution in [-0.4, -0.2) is 0 Å². The third kappa shape index (κ3) is 1510. The second kappa shape index (κ2) is 1.06. The summed E-state index contributed by atoms with van der Waals surface area (Å²) in [4.78, 5) is 9.22. The van der Waals surface area contributed by atoms with Crippen molar-refractivity contribution in [2.24, 2.45) is 11.0 Å². The Morgan fingerprint density at radius 3 is 1.60 bits per heavy atom. The van der Waals surface area contributed by atoms with E-state index in [1.807, 2.05) is 0 Å². The molecule has 0 saturated carbocycles. The summed E-state index contributed by atoms with van der Waals surface area (Å²) >= 11 is 0. The molecule has 0 aliphatic carbocycles. The third-order valence-electron chi connectivity index (χ3n) is 0. The quantitative estimate of drug-likeness (QED) is 0.353. The molecule has 0 spiro atoms. The lowest BCUT2D eigenvalue weighted by Crippen LogP contribution is -2.16. The molecule has 0 unspecified atom stereocenters. The van der Waals surface area contributed by atoms with Crippen molar-refractivity contribution in [2.75, 3.05) is 0 Å². The molecule has 0 aromatic carbocycles. The van der Waals surface area contributed by atoms with Crippen LogP contribution in [0.15, 0.2) is 0 Å². The standard InChI is InChI=1S/H5N2O2P/c1-5(2,3)4/h(H5,1,2,3,4)/p-1. The van der Waals surface area contributed by atoms with Gasteiger partial charge in [-0.1, -0.05) is 0 Å². The van der Waals surface area contributed by atoms with Crippen LogP contribution >= 0.6 is 7.67 Å². The van der Waals surface area contributed by atoms with E-state index in [1.54, 1.807) is 0 Å². The van der Waals surface area contributed by atoms with E-state index in [1.165, 1.54) is 0 Å². The Bertz CT molecular complexity index is 53.8. The molecule has 0 amide bonds. The van der Waals surface area contributed by atoms with Crippen LogP contribution in [0.25, 0.3) is 0 Å². The van der Waals surface area contributed by atoms with Crippen molar-refractivity contribution in [3.8, 4) is 0 Å². The first-order chi connectivity index (χ1) is 2.00. The van der Waals surface area contributed by atoms with Crippen LogP contribution < -0.4 is 15.9 Å². The number of hydrogen-bond donors (Lipinski definition) is 2. The first-order valence-corrected chi connectivity index (χ1v) is 2.64. The Morgan fingerprint density at radius 2 is 1.60 bits per heavy atom. The predicted molar refractivity (Wildman–Crippen MR) is 16.0 cm³/mol. The molecule has 4 N–H and O–H groups in total. The van der Waals surface area contributed by atoms with Crippen LogP contribution in [0.1, 0.15) is 0 Å². The predicted octanol–water partition coefficient (Wildman–Crippen LogP) is -1.63. The van der Waals surface area contributed by atoms with Gasteiger partial charge in [-0.25, -0.2) is 0 Å². The highest BCUT2D eigenvalue weighted by Crippen LogP contribution is 2.05. The van der Waals surface area contributed by atoms with Crippen LogP contribution in [0.3, 0.4) is 0 Å². The SMILES string of the molecule is NP(N)(=O)[O-]. The van der Waals surface area contributed by atoms with Crippen LogP contribution in [0.5, 0.6) is 0 Å². The zero-order valence-electron chi connectivity index (χ0n) is 2.42. The number of hydrogen-bond acceptors (Lipinski definition) is 2. The van der Waals surface area contributed by atoms with Crippen molar-refractivity contribution >= 4 is 7.67 Å². The van der Waals surface area contributed by atoms with E-state index in [-0.39, 0.29) is 0 Å². The fraction of sp³-hybridized carbons (Fsp3) is 0. The van der Waals surface area contributed by atoms with Crippen LogP contribution in [0.2, 0.25) is 0 Å². The summed E-state index contributed by atoms with van der Waals surface area (Å²) in [5, 5.41) is 0. The van der Waals surface area contributed by atoms with Gasteiger partial charge in [-0.2, -0.15) is 0 Å². The first-order valence-electron chi connectivity index (χ1n) is 0.882. The average Bonchev–Trinajstić information content (AvgIpc) is 0.722. The van der Waals surface area contributed by atoms with Crippen molar-refractivity contribution < 1.29 is 9.46 Å². The summed E-state index contributed by atoms with van der Waals surface area (Å²) in [6, 6.07) is 0. The fourth-order valence-corrected chi connectivity index (χ4v) is 0. The lowest BCUT2D eigenvalue weighted by molar-refractivity contribution is -0.175. The Labute approximate surface area is 29.3 Å². The summed E-state index contributed by atoms with van der Waals surface area (Å²) in [5.41, 5.74) is 8.26. The number of nitrogens with two attached hydrogens (primary N) is 2. The van der Waals surface area contributed by atoms with Crippen LogP contribution in [-0.2, 0) is 4.57 Å². The molecular formula is H4N2O2P-.